The number of hydrogen-bond acceptors (Lipinski definition) is 2. The van der Waals surface area contributed by atoms with Gasteiger partial charge in [0.05, 0.1) is 5.56 Å². The van der Waals surface area contributed by atoms with Gasteiger partial charge in [-0.1, -0.05) is 6.07 Å². The number of anilines is 1. The molecule has 0 spiro atoms. The summed E-state index contributed by atoms with van der Waals surface area (Å²) < 4.78 is 37.1. The summed E-state index contributed by atoms with van der Waals surface area (Å²) in [7, 11) is 0. The van der Waals surface area contributed by atoms with Crippen LogP contribution in [0.4, 0.5) is 18.9 Å². The SMILES string of the molecule is CSCc1ccc(N)c(C(F)(F)F)c1. The molecular weight excluding hydrogens is 211 g/mol. The van der Waals surface area contributed by atoms with Crippen LogP contribution in [0.15, 0.2) is 18.2 Å². The van der Waals surface area contributed by atoms with Crippen LogP contribution < -0.4 is 5.73 Å². The fraction of sp³-hybridized carbons (Fsp3) is 0.333. The Morgan fingerprint density at radius 1 is 1.36 bits per heavy atom. The van der Waals surface area contributed by atoms with Gasteiger partial charge in [0.15, 0.2) is 0 Å². The monoisotopic (exact) mass is 221 g/mol. The highest BCUT2D eigenvalue weighted by Crippen LogP contribution is 2.34. The molecule has 1 rings (SSSR count). The fourth-order valence-electron chi connectivity index (χ4n) is 1.11. The number of rotatable bonds is 2. The summed E-state index contributed by atoms with van der Waals surface area (Å²) in [5.41, 5.74) is 4.92. The summed E-state index contributed by atoms with van der Waals surface area (Å²) in [6, 6.07) is 4.02. The van der Waals surface area contributed by atoms with Gasteiger partial charge in [-0.05, 0) is 24.0 Å². The average Bonchev–Trinajstić information content (AvgIpc) is 2.07. The van der Waals surface area contributed by atoms with Crippen LogP contribution in [-0.4, -0.2) is 6.26 Å². The lowest BCUT2D eigenvalue weighted by molar-refractivity contribution is -0.136. The Bertz CT molecular complexity index is 322. The quantitative estimate of drug-likeness (QED) is 0.776. The molecule has 0 bridgehead atoms. The number of halogens is 3. The Morgan fingerprint density at radius 2 is 2.00 bits per heavy atom. The van der Waals surface area contributed by atoms with Gasteiger partial charge in [-0.25, -0.2) is 0 Å². The molecule has 78 valence electrons. The summed E-state index contributed by atoms with van der Waals surface area (Å²) in [5, 5.41) is 0. The van der Waals surface area contributed by atoms with Gasteiger partial charge in [-0.15, -0.1) is 0 Å². The minimum Gasteiger partial charge on any atom is -0.398 e. The van der Waals surface area contributed by atoms with E-state index in [0.717, 1.165) is 6.07 Å². The number of hydrogen-bond donors (Lipinski definition) is 1. The number of nitrogen functional groups attached to an aromatic ring is 1. The Hall–Kier alpha value is -0.840. The maximum absolute atomic E-state index is 12.4. The largest absolute Gasteiger partial charge is 0.418 e. The van der Waals surface area contributed by atoms with Crippen LogP contribution in [0.1, 0.15) is 11.1 Å². The van der Waals surface area contributed by atoms with Gasteiger partial charge in [0.1, 0.15) is 0 Å². The Labute approximate surface area is 84.5 Å². The molecule has 0 heterocycles. The Kier molecular flexibility index (Phi) is 3.31. The standard InChI is InChI=1S/C9H10F3NS/c1-14-5-6-2-3-8(13)7(4-6)9(10,11)12/h2-4H,5,13H2,1H3. The molecule has 0 aliphatic rings. The van der Waals surface area contributed by atoms with Crippen LogP contribution >= 0.6 is 11.8 Å². The van der Waals surface area contributed by atoms with Gasteiger partial charge in [0, 0.05) is 11.4 Å². The molecule has 0 fully saturated rings. The highest BCUT2D eigenvalue weighted by atomic mass is 32.2. The third-order valence-electron chi connectivity index (χ3n) is 1.73. The molecule has 0 aromatic heterocycles. The molecule has 0 unspecified atom stereocenters. The first-order valence-corrected chi connectivity index (χ1v) is 5.29. The molecule has 5 heteroatoms. The zero-order valence-electron chi connectivity index (χ0n) is 7.56. The molecule has 0 aliphatic carbocycles. The lowest BCUT2D eigenvalue weighted by atomic mass is 10.1. The van der Waals surface area contributed by atoms with Gasteiger partial charge < -0.3 is 5.73 Å². The van der Waals surface area contributed by atoms with Crippen molar-refractivity contribution in [2.75, 3.05) is 12.0 Å². The highest BCUT2D eigenvalue weighted by molar-refractivity contribution is 7.97. The summed E-state index contributed by atoms with van der Waals surface area (Å²) in [5.74, 6) is 0.559. The van der Waals surface area contributed by atoms with Crippen molar-refractivity contribution in [3.63, 3.8) is 0 Å². The summed E-state index contributed by atoms with van der Waals surface area (Å²) in [6.45, 7) is 0. The molecule has 0 saturated heterocycles. The van der Waals surface area contributed by atoms with Crippen molar-refractivity contribution >= 4 is 17.4 Å². The van der Waals surface area contributed by atoms with E-state index in [4.69, 9.17) is 5.73 Å². The topological polar surface area (TPSA) is 26.0 Å². The van der Waals surface area contributed by atoms with Crippen LogP contribution in [-0.2, 0) is 11.9 Å². The van der Waals surface area contributed by atoms with Crippen molar-refractivity contribution in [1.29, 1.82) is 0 Å². The molecule has 0 saturated carbocycles. The second-order valence-electron chi connectivity index (χ2n) is 2.85. The second-order valence-corrected chi connectivity index (χ2v) is 3.72. The van der Waals surface area contributed by atoms with Crippen molar-refractivity contribution in [2.24, 2.45) is 0 Å². The predicted octanol–water partition coefficient (Wildman–Crippen LogP) is 3.15. The predicted molar refractivity (Wildman–Crippen MR) is 53.1 cm³/mol. The van der Waals surface area contributed by atoms with E-state index < -0.39 is 11.7 Å². The van der Waals surface area contributed by atoms with E-state index in [9.17, 15) is 13.2 Å². The molecule has 2 N–H and O–H groups in total. The maximum Gasteiger partial charge on any atom is 0.418 e. The van der Waals surface area contributed by atoms with Gasteiger partial charge >= 0.3 is 6.18 Å². The van der Waals surface area contributed by atoms with Gasteiger partial charge in [0.2, 0.25) is 0 Å². The highest BCUT2D eigenvalue weighted by Gasteiger charge is 2.32. The maximum atomic E-state index is 12.4. The second kappa shape index (κ2) is 4.13. The molecule has 0 amide bonds. The number of alkyl halides is 3. The number of nitrogens with two attached hydrogens (primary N) is 1. The van der Waals surface area contributed by atoms with Gasteiger partial charge in [-0.2, -0.15) is 24.9 Å². The van der Waals surface area contributed by atoms with E-state index in [-0.39, 0.29) is 5.69 Å². The van der Waals surface area contributed by atoms with Crippen LogP contribution in [0.2, 0.25) is 0 Å². The van der Waals surface area contributed by atoms with E-state index in [1.54, 1.807) is 6.07 Å². The van der Waals surface area contributed by atoms with E-state index in [1.165, 1.54) is 17.8 Å². The zero-order chi connectivity index (χ0) is 10.8. The van der Waals surface area contributed by atoms with Crippen LogP contribution in [0.3, 0.4) is 0 Å². The minimum atomic E-state index is -4.36. The lowest BCUT2D eigenvalue weighted by Gasteiger charge is -2.11. The van der Waals surface area contributed by atoms with Crippen LogP contribution in [0.25, 0.3) is 0 Å². The van der Waals surface area contributed by atoms with E-state index in [1.807, 2.05) is 6.26 Å². The van der Waals surface area contributed by atoms with Crippen LogP contribution in [0, 0.1) is 0 Å². The normalized spacial score (nSPS) is 11.7. The molecule has 1 nitrogen and oxygen atoms in total. The lowest BCUT2D eigenvalue weighted by Crippen LogP contribution is -2.09. The first-order chi connectivity index (χ1) is 6.45. The van der Waals surface area contributed by atoms with Crippen molar-refractivity contribution < 1.29 is 13.2 Å². The Balaban J connectivity index is 3.09. The molecular formula is C9H10F3NS. The zero-order valence-corrected chi connectivity index (χ0v) is 8.38. The van der Waals surface area contributed by atoms with Crippen molar-refractivity contribution in [2.45, 2.75) is 11.9 Å². The average molecular weight is 221 g/mol. The van der Waals surface area contributed by atoms with E-state index >= 15 is 0 Å². The van der Waals surface area contributed by atoms with Gasteiger partial charge in [-0.3, -0.25) is 0 Å². The third kappa shape index (κ3) is 2.57. The Morgan fingerprint density at radius 3 is 2.50 bits per heavy atom. The minimum absolute atomic E-state index is 0.220. The van der Waals surface area contributed by atoms with E-state index in [0.29, 0.717) is 11.3 Å². The third-order valence-corrected chi connectivity index (χ3v) is 2.36. The van der Waals surface area contributed by atoms with Crippen molar-refractivity contribution in [3.05, 3.63) is 29.3 Å². The number of benzene rings is 1. The molecule has 1 aromatic carbocycles. The first kappa shape index (κ1) is 11.2. The fourth-order valence-corrected chi connectivity index (χ4v) is 1.62. The van der Waals surface area contributed by atoms with Crippen LogP contribution in [0.5, 0.6) is 0 Å². The summed E-state index contributed by atoms with van der Waals surface area (Å²) in [6.07, 6.45) is -2.53. The van der Waals surface area contributed by atoms with Gasteiger partial charge in [0.25, 0.3) is 0 Å². The number of thioether (sulfide) groups is 1. The first-order valence-electron chi connectivity index (χ1n) is 3.89. The molecule has 0 radical (unpaired) electrons. The van der Waals surface area contributed by atoms with Crippen molar-refractivity contribution in [1.82, 2.24) is 0 Å². The van der Waals surface area contributed by atoms with E-state index in [2.05, 4.69) is 0 Å². The summed E-state index contributed by atoms with van der Waals surface area (Å²) in [4.78, 5) is 0. The molecule has 1 aromatic rings. The molecule has 14 heavy (non-hydrogen) atoms. The smallest absolute Gasteiger partial charge is 0.398 e. The van der Waals surface area contributed by atoms with Crippen molar-refractivity contribution in [3.8, 4) is 0 Å². The molecule has 0 atom stereocenters. The molecule has 0 aliphatic heterocycles. The summed E-state index contributed by atoms with van der Waals surface area (Å²) >= 11 is 1.47.